The first-order valence-electron chi connectivity index (χ1n) is 6.75. The summed E-state index contributed by atoms with van der Waals surface area (Å²) in [6.07, 6.45) is 0. The number of rotatable bonds is 1. The van der Waals surface area contributed by atoms with E-state index in [4.69, 9.17) is 0 Å². The van der Waals surface area contributed by atoms with Crippen molar-refractivity contribution in [3.63, 3.8) is 0 Å². The lowest BCUT2D eigenvalue weighted by Gasteiger charge is -2.31. The van der Waals surface area contributed by atoms with Crippen LogP contribution in [0.4, 0.5) is 22.0 Å². The highest BCUT2D eigenvalue weighted by Gasteiger charge is 2.42. The van der Waals surface area contributed by atoms with Gasteiger partial charge in [-0.2, -0.15) is 5.26 Å². The average molecular weight is 318 g/mol. The van der Waals surface area contributed by atoms with E-state index in [-0.39, 0.29) is 18.6 Å². The van der Waals surface area contributed by atoms with E-state index >= 15 is 0 Å². The molecule has 2 nitrogen and oxygen atoms in total. The number of likely N-dealkylation sites (tertiary alicyclic amines) is 1. The predicted molar refractivity (Wildman–Crippen MR) is 69.4 cm³/mol. The molecule has 7 heteroatoms. The summed E-state index contributed by atoms with van der Waals surface area (Å²) in [5, 5.41) is 9.17. The monoisotopic (exact) mass is 318 g/mol. The van der Waals surface area contributed by atoms with Gasteiger partial charge in [0.05, 0.1) is 12.0 Å². The molecule has 0 saturated carbocycles. The highest BCUT2D eigenvalue weighted by atomic mass is 19.2. The Kier molecular flexibility index (Phi) is 4.18. The van der Waals surface area contributed by atoms with Crippen LogP contribution in [-0.2, 0) is 0 Å². The first-order chi connectivity index (χ1) is 10.1. The number of hydrogen-bond acceptors (Lipinski definition) is 2. The van der Waals surface area contributed by atoms with Crippen LogP contribution in [-0.4, -0.2) is 23.5 Å². The summed E-state index contributed by atoms with van der Waals surface area (Å²) >= 11 is 0. The number of nitrogens with zero attached hydrogens (tertiary/aromatic N) is 2. The van der Waals surface area contributed by atoms with Crippen molar-refractivity contribution in [1.82, 2.24) is 4.90 Å². The van der Waals surface area contributed by atoms with Crippen LogP contribution in [0.1, 0.15) is 32.3 Å². The maximum absolute atomic E-state index is 13.9. The Hall–Kier alpha value is -1.68. The third-order valence-electron chi connectivity index (χ3n) is 4.05. The molecule has 2 atom stereocenters. The van der Waals surface area contributed by atoms with Gasteiger partial charge in [-0.3, -0.25) is 4.90 Å². The minimum atomic E-state index is -2.18. The van der Waals surface area contributed by atoms with Gasteiger partial charge >= 0.3 is 0 Å². The second-order valence-corrected chi connectivity index (χ2v) is 6.40. The van der Waals surface area contributed by atoms with Crippen molar-refractivity contribution in [3.8, 4) is 6.07 Å². The fourth-order valence-electron chi connectivity index (χ4n) is 2.72. The van der Waals surface area contributed by atoms with Gasteiger partial charge in [0.25, 0.3) is 0 Å². The fourth-order valence-corrected chi connectivity index (χ4v) is 2.72. The predicted octanol–water partition coefficient (Wildman–Crippen LogP) is 3.72. The summed E-state index contributed by atoms with van der Waals surface area (Å²) in [5.41, 5.74) is -1.27. The zero-order valence-corrected chi connectivity index (χ0v) is 12.4. The topological polar surface area (TPSA) is 27.0 Å². The van der Waals surface area contributed by atoms with Gasteiger partial charge in [-0.1, -0.05) is 0 Å². The molecule has 0 unspecified atom stereocenters. The van der Waals surface area contributed by atoms with E-state index in [1.165, 1.54) is 0 Å². The second kappa shape index (κ2) is 5.51. The largest absolute Gasteiger partial charge is 0.297 e. The molecular formula is C15H15F5N2. The molecule has 1 aliphatic rings. The van der Waals surface area contributed by atoms with Crippen molar-refractivity contribution < 1.29 is 22.0 Å². The summed E-state index contributed by atoms with van der Waals surface area (Å²) in [6.45, 7) is 5.82. The van der Waals surface area contributed by atoms with E-state index < -0.39 is 46.5 Å². The van der Waals surface area contributed by atoms with Crippen LogP contribution in [0.3, 0.4) is 0 Å². The SMILES string of the molecule is CC(C)(C)N1C[C@@H](C#N)[C@H](c2c(F)c(F)c(F)c(F)c2F)C1. The third kappa shape index (κ3) is 2.56. The van der Waals surface area contributed by atoms with Crippen LogP contribution in [0.15, 0.2) is 0 Å². The Bertz CT molecular complexity index is 616. The standard InChI is InChI=1S/C15H15F5N2/c1-15(2,3)22-5-7(4-21)8(6-22)9-10(16)12(18)14(20)13(19)11(9)17/h7-8H,5-6H2,1-3H3/t7-,8-/m1/s1. The van der Waals surface area contributed by atoms with E-state index in [2.05, 4.69) is 0 Å². The third-order valence-corrected chi connectivity index (χ3v) is 4.05. The number of nitriles is 1. The van der Waals surface area contributed by atoms with Gasteiger partial charge in [0.1, 0.15) is 0 Å². The van der Waals surface area contributed by atoms with Gasteiger partial charge in [-0.25, -0.2) is 22.0 Å². The van der Waals surface area contributed by atoms with E-state index in [1.54, 1.807) is 4.90 Å². The Balaban J connectivity index is 2.55. The first kappa shape index (κ1) is 16.7. The smallest absolute Gasteiger partial charge is 0.200 e. The summed E-state index contributed by atoms with van der Waals surface area (Å²) in [7, 11) is 0. The molecule has 0 bridgehead atoms. The first-order valence-corrected chi connectivity index (χ1v) is 6.75. The quantitative estimate of drug-likeness (QED) is 0.448. The molecule has 0 N–H and O–H groups in total. The molecule has 0 aromatic heterocycles. The number of halogens is 5. The molecule has 1 aromatic rings. The molecular weight excluding hydrogens is 303 g/mol. The highest BCUT2D eigenvalue weighted by molar-refractivity contribution is 5.31. The second-order valence-electron chi connectivity index (χ2n) is 6.40. The molecule has 1 aliphatic heterocycles. The van der Waals surface area contributed by atoms with Crippen molar-refractivity contribution in [2.75, 3.05) is 13.1 Å². The minimum Gasteiger partial charge on any atom is -0.297 e. The van der Waals surface area contributed by atoms with Crippen LogP contribution in [0, 0.1) is 46.3 Å². The molecule has 0 radical (unpaired) electrons. The maximum atomic E-state index is 13.9. The Morgan fingerprint density at radius 3 is 1.77 bits per heavy atom. The summed E-state index contributed by atoms with van der Waals surface area (Å²) in [5.74, 6) is -11.7. The van der Waals surface area contributed by atoms with Crippen LogP contribution in [0.2, 0.25) is 0 Å². The van der Waals surface area contributed by atoms with Gasteiger partial charge in [-0.15, -0.1) is 0 Å². The Morgan fingerprint density at radius 1 is 0.909 bits per heavy atom. The van der Waals surface area contributed by atoms with E-state index in [1.807, 2.05) is 26.8 Å². The molecule has 22 heavy (non-hydrogen) atoms. The van der Waals surface area contributed by atoms with Crippen molar-refractivity contribution in [2.24, 2.45) is 5.92 Å². The van der Waals surface area contributed by atoms with Gasteiger partial charge in [0.2, 0.25) is 5.82 Å². The molecule has 0 amide bonds. The summed E-state index contributed by atoms with van der Waals surface area (Å²) < 4.78 is 67.7. The molecule has 1 saturated heterocycles. The van der Waals surface area contributed by atoms with Gasteiger partial charge in [0, 0.05) is 30.1 Å². The van der Waals surface area contributed by atoms with Gasteiger partial charge in [0.15, 0.2) is 23.3 Å². The van der Waals surface area contributed by atoms with Crippen molar-refractivity contribution in [2.45, 2.75) is 32.2 Å². The summed E-state index contributed by atoms with van der Waals surface area (Å²) in [6, 6.07) is 1.91. The lowest BCUT2D eigenvalue weighted by Crippen LogP contribution is -2.39. The zero-order valence-electron chi connectivity index (χ0n) is 12.4. The van der Waals surface area contributed by atoms with Crippen LogP contribution in [0.25, 0.3) is 0 Å². The maximum Gasteiger partial charge on any atom is 0.200 e. The molecule has 1 fully saturated rings. The molecule has 0 aliphatic carbocycles. The van der Waals surface area contributed by atoms with E-state index in [9.17, 15) is 27.2 Å². The molecule has 120 valence electrons. The zero-order chi connectivity index (χ0) is 16.8. The highest BCUT2D eigenvalue weighted by Crippen LogP contribution is 2.39. The van der Waals surface area contributed by atoms with E-state index in [0.29, 0.717) is 0 Å². The van der Waals surface area contributed by atoms with E-state index in [0.717, 1.165) is 0 Å². The number of benzene rings is 1. The van der Waals surface area contributed by atoms with Gasteiger partial charge < -0.3 is 0 Å². The van der Waals surface area contributed by atoms with Crippen molar-refractivity contribution in [3.05, 3.63) is 34.6 Å². The fraction of sp³-hybridized carbons (Fsp3) is 0.533. The lowest BCUT2D eigenvalue weighted by molar-refractivity contribution is 0.169. The Morgan fingerprint density at radius 2 is 1.36 bits per heavy atom. The molecule has 1 heterocycles. The van der Waals surface area contributed by atoms with Crippen molar-refractivity contribution >= 4 is 0 Å². The van der Waals surface area contributed by atoms with Crippen molar-refractivity contribution in [1.29, 1.82) is 5.26 Å². The normalized spacial score (nSPS) is 22.9. The van der Waals surface area contributed by atoms with Crippen LogP contribution < -0.4 is 0 Å². The van der Waals surface area contributed by atoms with Crippen LogP contribution >= 0.6 is 0 Å². The molecule has 2 rings (SSSR count). The lowest BCUT2D eigenvalue weighted by atomic mass is 9.89. The Labute approximate surface area is 125 Å². The summed E-state index contributed by atoms with van der Waals surface area (Å²) in [4.78, 5) is 1.80. The van der Waals surface area contributed by atoms with Gasteiger partial charge in [-0.05, 0) is 20.8 Å². The minimum absolute atomic E-state index is 0.0556. The number of hydrogen-bond donors (Lipinski definition) is 0. The van der Waals surface area contributed by atoms with Crippen LogP contribution in [0.5, 0.6) is 0 Å². The molecule has 1 aromatic carbocycles. The molecule has 0 spiro atoms. The average Bonchev–Trinajstić information content (AvgIpc) is 2.87.